The van der Waals surface area contributed by atoms with Gasteiger partial charge in [-0.3, -0.25) is 20.2 Å². The summed E-state index contributed by atoms with van der Waals surface area (Å²) in [5, 5.41) is 23.3. The summed E-state index contributed by atoms with van der Waals surface area (Å²) >= 11 is 0. The number of rotatable bonds is 2. The van der Waals surface area contributed by atoms with Gasteiger partial charge in [0.2, 0.25) is 0 Å². The SMILES string of the molecule is CC1(C)c2ccccc2N2c3ccc([N+](=O)[O-])cc3C(C)(C)c3cc([N+](=O)[O-])cc1c32. The molecule has 7 nitrogen and oxygen atoms in total. The zero-order valence-corrected chi connectivity index (χ0v) is 17.7. The number of benzene rings is 3. The van der Waals surface area contributed by atoms with Crippen LogP contribution in [-0.4, -0.2) is 9.85 Å². The lowest BCUT2D eigenvalue weighted by Crippen LogP contribution is -2.38. The van der Waals surface area contributed by atoms with E-state index in [1.807, 2.05) is 38.1 Å². The molecule has 0 spiro atoms. The largest absolute Gasteiger partial charge is 0.309 e. The van der Waals surface area contributed by atoms with Crippen molar-refractivity contribution in [3.8, 4) is 0 Å². The summed E-state index contributed by atoms with van der Waals surface area (Å²) in [4.78, 5) is 24.6. The van der Waals surface area contributed by atoms with Crippen molar-refractivity contribution in [2.24, 2.45) is 0 Å². The van der Waals surface area contributed by atoms with Crippen molar-refractivity contribution in [1.82, 2.24) is 0 Å². The van der Waals surface area contributed by atoms with Crippen molar-refractivity contribution >= 4 is 28.4 Å². The van der Waals surface area contributed by atoms with Crippen LogP contribution in [0.1, 0.15) is 49.9 Å². The van der Waals surface area contributed by atoms with Gasteiger partial charge < -0.3 is 4.90 Å². The van der Waals surface area contributed by atoms with E-state index in [1.54, 1.807) is 24.3 Å². The average Bonchev–Trinajstić information content (AvgIpc) is 2.72. The number of nitrogens with zero attached hydrogens (tertiary/aromatic N) is 3. The molecule has 0 radical (unpaired) electrons. The van der Waals surface area contributed by atoms with Gasteiger partial charge in [0, 0.05) is 35.1 Å². The molecule has 2 aliphatic heterocycles. The van der Waals surface area contributed by atoms with E-state index >= 15 is 0 Å². The Kier molecular flexibility index (Phi) is 3.67. The van der Waals surface area contributed by atoms with Crippen molar-refractivity contribution in [2.75, 3.05) is 4.90 Å². The van der Waals surface area contributed by atoms with E-state index in [4.69, 9.17) is 0 Å². The van der Waals surface area contributed by atoms with E-state index < -0.39 is 15.8 Å². The van der Waals surface area contributed by atoms with Crippen molar-refractivity contribution in [1.29, 1.82) is 0 Å². The molecular formula is C24H21N3O4. The second-order valence-electron chi connectivity index (χ2n) is 9.21. The molecule has 0 atom stereocenters. The molecular weight excluding hydrogens is 394 g/mol. The van der Waals surface area contributed by atoms with Crippen LogP contribution in [0.5, 0.6) is 0 Å². The molecule has 2 heterocycles. The Morgan fingerprint density at radius 3 is 1.81 bits per heavy atom. The molecule has 0 aromatic heterocycles. The minimum Gasteiger partial charge on any atom is -0.309 e. The van der Waals surface area contributed by atoms with Crippen molar-refractivity contribution in [3.05, 3.63) is 97.1 Å². The highest BCUT2D eigenvalue weighted by molar-refractivity contribution is 5.93. The lowest BCUT2D eigenvalue weighted by molar-refractivity contribution is -0.385. The number of nitro benzene ring substituents is 2. The maximum atomic E-state index is 11.8. The number of nitro groups is 2. The first-order chi connectivity index (χ1) is 14.5. The number of non-ortho nitro benzene ring substituents is 2. The minimum atomic E-state index is -0.656. The lowest BCUT2D eigenvalue weighted by Gasteiger charge is -2.49. The smallest absolute Gasteiger partial charge is 0.270 e. The van der Waals surface area contributed by atoms with Gasteiger partial charge in [0.25, 0.3) is 11.4 Å². The second kappa shape index (κ2) is 5.91. The quantitative estimate of drug-likeness (QED) is 0.364. The molecule has 0 aliphatic carbocycles. The van der Waals surface area contributed by atoms with Gasteiger partial charge in [-0.05, 0) is 34.4 Å². The van der Waals surface area contributed by atoms with E-state index in [0.29, 0.717) is 0 Å². The third-order valence-corrected chi connectivity index (χ3v) is 6.80. The predicted molar refractivity (Wildman–Crippen MR) is 119 cm³/mol. The van der Waals surface area contributed by atoms with Crippen LogP contribution in [0.2, 0.25) is 0 Å². The zero-order chi connectivity index (χ0) is 22.3. The Morgan fingerprint density at radius 2 is 1.19 bits per heavy atom. The Hall–Kier alpha value is -3.74. The van der Waals surface area contributed by atoms with Crippen molar-refractivity contribution < 1.29 is 9.85 Å². The molecule has 0 saturated heterocycles. The van der Waals surface area contributed by atoms with Crippen LogP contribution in [0.3, 0.4) is 0 Å². The molecule has 0 unspecified atom stereocenters. The number of anilines is 3. The van der Waals surface area contributed by atoms with E-state index in [9.17, 15) is 20.2 Å². The Balaban J connectivity index is 1.95. The average molecular weight is 415 g/mol. The fourth-order valence-electron chi connectivity index (χ4n) is 5.11. The van der Waals surface area contributed by atoms with Gasteiger partial charge in [0.15, 0.2) is 0 Å². The molecule has 0 fully saturated rings. The van der Waals surface area contributed by atoms with Crippen LogP contribution >= 0.6 is 0 Å². The highest BCUT2D eigenvalue weighted by atomic mass is 16.6. The first kappa shape index (κ1) is 19.2. The van der Waals surface area contributed by atoms with E-state index in [2.05, 4.69) is 18.7 Å². The van der Waals surface area contributed by atoms with Gasteiger partial charge in [-0.15, -0.1) is 0 Å². The summed E-state index contributed by atoms with van der Waals surface area (Å²) in [6.45, 7) is 8.11. The second-order valence-corrected chi connectivity index (χ2v) is 9.21. The van der Waals surface area contributed by atoms with Gasteiger partial charge in [-0.1, -0.05) is 45.9 Å². The Labute approximate surface area is 179 Å². The molecule has 156 valence electrons. The van der Waals surface area contributed by atoms with Gasteiger partial charge in [0.05, 0.1) is 26.9 Å². The summed E-state index contributed by atoms with van der Waals surface area (Å²) in [6, 6.07) is 16.2. The molecule has 3 aromatic carbocycles. The predicted octanol–water partition coefficient (Wildman–Crippen LogP) is 6.25. The lowest BCUT2D eigenvalue weighted by atomic mass is 9.66. The van der Waals surface area contributed by atoms with Crippen LogP contribution in [0.15, 0.2) is 54.6 Å². The standard InChI is InChI=1S/C24H21N3O4/c1-23(2)16-7-5-6-8-20(16)25-21-10-9-14(26(28)29)11-17(21)24(3,4)19-13-15(27(30)31)12-18(23)22(19)25/h5-13H,1-4H3. The monoisotopic (exact) mass is 415 g/mol. The van der Waals surface area contributed by atoms with Crippen LogP contribution in [0.25, 0.3) is 0 Å². The Morgan fingerprint density at radius 1 is 0.677 bits per heavy atom. The van der Waals surface area contributed by atoms with Crippen LogP contribution in [-0.2, 0) is 10.8 Å². The number of fused-ring (bicyclic) bond motifs is 4. The third kappa shape index (κ3) is 2.40. The maximum Gasteiger partial charge on any atom is 0.270 e. The highest BCUT2D eigenvalue weighted by Gasteiger charge is 2.46. The number of para-hydroxylation sites is 1. The molecule has 2 aliphatic rings. The van der Waals surface area contributed by atoms with Crippen molar-refractivity contribution in [3.63, 3.8) is 0 Å². The number of hydrogen-bond acceptors (Lipinski definition) is 5. The minimum absolute atomic E-state index is 0.00607. The van der Waals surface area contributed by atoms with E-state index in [0.717, 1.165) is 39.3 Å². The summed E-state index contributed by atoms with van der Waals surface area (Å²) < 4.78 is 0. The Bertz CT molecular complexity index is 1310. The van der Waals surface area contributed by atoms with Crippen LogP contribution < -0.4 is 4.90 Å². The van der Waals surface area contributed by atoms with E-state index in [1.165, 1.54) is 6.07 Å². The fourth-order valence-corrected chi connectivity index (χ4v) is 5.11. The molecule has 0 amide bonds. The normalized spacial score (nSPS) is 16.7. The first-order valence-electron chi connectivity index (χ1n) is 10.1. The molecule has 0 saturated carbocycles. The van der Waals surface area contributed by atoms with Crippen molar-refractivity contribution in [2.45, 2.75) is 38.5 Å². The zero-order valence-electron chi connectivity index (χ0n) is 17.7. The summed E-state index contributed by atoms with van der Waals surface area (Å²) in [5.41, 5.74) is 5.22. The van der Waals surface area contributed by atoms with Gasteiger partial charge in [-0.2, -0.15) is 0 Å². The molecule has 0 N–H and O–H groups in total. The fraction of sp³-hybridized carbons (Fsp3) is 0.250. The number of hydrogen-bond donors (Lipinski definition) is 0. The third-order valence-electron chi connectivity index (χ3n) is 6.80. The van der Waals surface area contributed by atoms with Gasteiger partial charge >= 0.3 is 0 Å². The molecule has 0 bridgehead atoms. The summed E-state index contributed by atoms with van der Waals surface area (Å²) in [6.07, 6.45) is 0. The summed E-state index contributed by atoms with van der Waals surface area (Å²) in [7, 11) is 0. The maximum absolute atomic E-state index is 11.8. The highest BCUT2D eigenvalue weighted by Crippen LogP contribution is 2.60. The van der Waals surface area contributed by atoms with Gasteiger partial charge in [0.1, 0.15) is 0 Å². The van der Waals surface area contributed by atoms with Gasteiger partial charge in [-0.25, -0.2) is 0 Å². The first-order valence-corrected chi connectivity index (χ1v) is 10.1. The van der Waals surface area contributed by atoms with Crippen LogP contribution in [0, 0.1) is 20.2 Å². The van der Waals surface area contributed by atoms with E-state index in [-0.39, 0.29) is 16.3 Å². The van der Waals surface area contributed by atoms with Crippen LogP contribution in [0.4, 0.5) is 28.4 Å². The topological polar surface area (TPSA) is 89.5 Å². The summed E-state index contributed by atoms with van der Waals surface area (Å²) in [5.74, 6) is 0. The molecule has 3 aromatic rings. The molecule has 5 rings (SSSR count). The molecule has 31 heavy (non-hydrogen) atoms. The molecule has 7 heteroatoms.